The number of hydrogen-bond acceptors (Lipinski definition) is 3. The summed E-state index contributed by atoms with van der Waals surface area (Å²) in [5.74, 6) is 0.429. The van der Waals surface area contributed by atoms with E-state index in [4.69, 9.17) is 4.74 Å². The van der Waals surface area contributed by atoms with E-state index in [-0.39, 0.29) is 17.9 Å². The lowest BCUT2D eigenvalue weighted by atomic mass is 10.1. The highest BCUT2D eigenvalue weighted by Gasteiger charge is 2.12. The van der Waals surface area contributed by atoms with Crippen molar-refractivity contribution in [3.8, 4) is 5.75 Å². The van der Waals surface area contributed by atoms with Gasteiger partial charge in [0.15, 0.2) is 5.43 Å². The molecule has 134 valence electrons. The minimum absolute atomic E-state index is 0.0329. The molecule has 0 saturated carbocycles. The largest absolute Gasteiger partial charge is 0.495 e. The van der Waals surface area contributed by atoms with Crippen molar-refractivity contribution >= 4 is 22.5 Å². The molecule has 1 aromatic heterocycles. The summed E-state index contributed by atoms with van der Waals surface area (Å²) >= 11 is 0. The zero-order valence-electron chi connectivity index (χ0n) is 15.4. The minimum atomic E-state index is -0.182. The summed E-state index contributed by atoms with van der Waals surface area (Å²) in [6, 6.07) is 11.0. The van der Waals surface area contributed by atoms with Crippen LogP contribution in [0.15, 0.2) is 47.4 Å². The van der Waals surface area contributed by atoms with E-state index in [0.29, 0.717) is 16.8 Å². The fraction of sp³-hybridized carbons (Fsp3) is 0.238. The van der Waals surface area contributed by atoms with Crippen molar-refractivity contribution in [3.05, 3.63) is 69.5 Å². The number of methoxy groups -OCH3 is 1. The third-order valence-electron chi connectivity index (χ3n) is 4.36. The molecule has 1 N–H and O–H groups in total. The SMILES string of the molecule is COc1ccc(C)cc1NC(=O)Cn1ccc(=O)c2c(C)cc(C)cc21. The third-order valence-corrected chi connectivity index (χ3v) is 4.36. The molecule has 0 aliphatic carbocycles. The number of carbonyl (C=O) groups is 1. The van der Waals surface area contributed by atoms with Gasteiger partial charge in [-0.3, -0.25) is 9.59 Å². The molecule has 5 nitrogen and oxygen atoms in total. The summed E-state index contributed by atoms with van der Waals surface area (Å²) < 4.78 is 7.11. The van der Waals surface area contributed by atoms with Crippen LogP contribution in [0.5, 0.6) is 5.75 Å². The number of aromatic nitrogens is 1. The first-order valence-corrected chi connectivity index (χ1v) is 8.44. The van der Waals surface area contributed by atoms with Gasteiger partial charge in [0.1, 0.15) is 12.3 Å². The number of benzene rings is 2. The average Bonchev–Trinajstić information content (AvgIpc) is 2.57. The van der Waals surface area contributed by atoms with E-state index >= 15 is 0 Å². The van der Waals surface area contributed by atoms with Crippen molar-refractivity contribution < 1.29 is 9.53 Å². The van der Waals surface area contributed by atoms with Gasteiger partial charge >= 0.3 is 0 Å². The Morgan fingerprint density at radius 3 is 2.58 bits per heavy atom. The van der Waals surface area contributed by atoms with Gasteiger partial charge in [0.2, 0.25) is 5.91 Å². The van der Waals surface area contributed by atoms with E-state index in [1.54, 1.807) is 17.9 Å². The maximum Gasteiger partial charge on any atom is 0.244 e. The topological polar surface area (TPSA) is 60.3 Å². The highest BCUT2D eigenvalue weighted by Crippen LogP contribution is 2.25. The van der Waals surface area contributed by atoms with E-state index in [2.05, 4.69) is 5.32 Å². The van der Waals surface area contributed by atoms with Crippen molar-refractivity contribution in [3.63, 3.8) is 0 Å². The third kappa shape index (κ3) is 3.47. The fourth-order valence-electron chi connectivity index (χ4n) is 3.22. The molecule has 0 aliphatic rings. The van der Waals surface area contributed by atoms with Crippen LogP contribution in [0.3, 0.4) is 0 Å². The number of aryl methyl sites for hydroxylation is 3. The van der Waals surface area contributed by atoms with E-state index < -0.39 is 0 Å². The highest BCUT2D eigenvalue weighted by molar-refractivity contribution is 5.93. The number of rotatable bonds is 4. The van der Waals surface area contributed by atoms with E-state index in [0.717, 1.165) is 22.2 Å². The average molecular weight is 350 g/mol. The summed E-state index contributed by atoms with van der Waals surface area (Å²) in [5, 5.41) is 3.55. The summed E-state index contributed by atoms with van der Waals surface area (Å²) in [7, 11) is 1.57. The van der Waals surface area contributed by atoms with Crippen LogP contribution in [0.2, 0.25) is 0 Å². The molecule has 0 bridgehead atoms. The van der Waals surface area contributed by atoms with Crippen molar-refractivity contribution in [2.24, 2.45) is 0 Å². The molecule has 0 spiro atoms. The second kappa shape index (κ2) is 7.04. The zero-order chi connectivity index (χ0) is 18.8. The van der Waals surface area contributed by atoms with Gasteiger partial charge in [0, 0.05) is 17.6 Å². The molecule has 2 aromatic carbocycles. The first-order valence-electron chi connectivity index (χ1n) is 8.44. The molecule has 26 heavy (non-hydrogen) atoms. The molecule has 1 amide bonds. The predicted molar refractivity (Wildman–Crippen MR) is 104 cm³/mol. The molecule has 0 unspecified atom stereocenters. The number of amides is 1. The second-order valence-electron chi connectivity index (χ2n) is 6.54. The van der Waals surface area contributed by atoms with Crippen LogP contribution < -0.4 is 15.5 Å². The lowest BCUT2D eigenvalue weighted by molar-refractivity contribution is -0.116. The van der Waals surface area contributed by atoms with Gasteiger partial charge in [-0.25, -0.2) is 0 Å². The fourth-order valence-corrected chi connectivity index (χ4v) is 3.22. The Balaban J connectivity index is 1.95. The standard InChI is InChI=1S/C21H22N2O3/c1-13-5-6-19(26-4)16(10-13)22-20(25)12-23-8-7-18(24)21-15(3)9-14(2)11-17(21)23/h5-11H,12H2,1-4H3,(H,22,25). The van der Waals surface area contributed by atoms with Crippen molar-refractivity contribution in [1.29, 1.82) is 0 Å². The number of nitrogens with one attached hydrogen (secondary N) is 1. The number of ether oxygens (including phenoxy) is 1. The van der Waals surface area contributed by atoms with E-state index in [1.165, 1.54) is 6.07 Å². The monoisotopic (exact) mass is 350 g/mol. The minimum Gasteiger partial charge on any atom is -0.495 e. The molecule has 0 saturated heterocycles. The summed E-state index contributed by atoms with van der Waals surface area (Å²) in [6.07, 6.45) is 1.66. The Kier molecular flexibility index (Phi) is 4.80. The Hall–Kier alpha value is -3.08. The predicted octanol–water partition coefficient (Wildman–Crippen LogP) is 3.57. The first-order chi connectivity index (χ1) is 12.4. The maximum atomic E-state index is 12.6. The number of anilines is 1. The van der Waals surface area contributed by atoms with E-state index in [9.17, 15) is 9.59 Å². The molecular weight excluding hydrogens is 328 g/mol. The van der Waals surface area contributed by atoms with Gasteiger partial charge in [0.25, 0.3) is 0 Å². The molecule has 0 radical (unpaired) electrons. The summed E-state index contributed by atoms with van der Waals surface area (Å²) in [4.78, 5) is 24.8. The number of pyridine rings is 1. The zero-order valence-corrected chi connectivity index (χ0v) is 15.4. The van der Waals surface area contributed by atoms with Crippen LogP contribution >= 0.6 is 0 Å². The quantitative estimate of drug-likeness (QED) is 0.782. The van der Waals surface area contributed by atoms with Gasteiger partial charge in [-0.05, 0) is 55.7 Å². The lowest BCUT2D eigenvalue weighted by Crippen LogP contribution is -2.21. The highest BCUT2D eigenvalue weighted by atomic mass is 16.5. The molecule has 3 rings (SSSR count). The Labute approximate surface area is 152 Å². The van der Waals surface area contributed by atoms with Crippen LogP contribution in [0.25, 0.3) is 10.9 Å². The van der Waals surface area contributed by atoms with Crippen LogP contribution in [-0.2, 0) is 11.3 Å². The van der Waals surface area contributed by atoms with Crippen molar-refractivity contribution in [2.75, 3.05) is 12.4 Å². The normalized spacial score (nSPS) is 10.8. The van der Waals surface area contributed by atoms with Crippen molar-refractivity contribution in [2.45, 2.75) is 27.3 Å². The Morgan fingerprint density at radius 1 is 1.08 bits per heavy atom. The summed E-state index contributed by atoms with van der Waals surface area (Å²) in [5.41, 5.74) is 4.36. The first kappa shape index (κ1) is 17.7. The van der Waals surface area contributed by atoms with E-state index in [1.807, 2.05) is 51.1 Å². The van der Waals surface area contributed by atoms with Crippen LogP contribution in [0.1, 0.15) is 16.7 Å². The lowest BCUT2D eigenvalue weighted by Gasteiger charge is -2.14. The van der Waals surface area contributed by atoms with Gasteiger partial charge < -0.3 is 14.6 Å². The van der Waals surface area contributed by atoms with Gasteiger partial charge in [-0.15, -0.1) is 0 Å². The van der Waals surface area contributed by atoms with Gasteiger partial charge in [-0.2, -0.15) is 0 Å². The van der Waals surface area contributed by atoms with Gasteiger partial charge in [0.05, 0.1) is 18.3 Å². The molecule has 0 fully saturated rings. The molecule has 3 aromatic rings. The molecule has 0 atom stereocenters. The Morgan fingerprint density at radius 2 is 1.85 bits per heavy atom. The second-order valence-corrected chi connectivity index (χ2v) is 6.54. The molecule has 0 aliphatic heterocycles. The molecule has 1 heterocycles. The van der Waals surface area contributed by atoms with Crippen LogP contribution in [0.4, 0.5) is 5.69 Å². The van der Waals surface area contributed by atoms with Crippen LogP contribution in [0, 0.1) is 20.8 Å². The number of carbonyl (C=O) groups excluding carboxylic acids is 1. The van der Waals surface area contributed by atoms with Gasteiger partial charge in [-0.1, -0.05) is 12.1 Å². The number of hydrogen-bond donors (Lipinski definition) is 1. The Bertz CT molecular complexity index is 1050. The molecular formula is C21H22N2O3. The molecule has 5 heteroatoms. The maximum absolute atomic E-state index is 12.6. The number of nitrogens with zero attached hydrogens (tertiary/aromatic N) is 1. The summed E-state index contributed by atoms with van der Waals surface area (Å²) in [6.45, 7) is 5.96. The van der Waals surface area contributed by atoms with Crippen molar-refractivity contribution in [1.82, 2.24) is 4.57 Å². The smallest absolute Gasteiger partial charge is 0.244 e. The van der Waals surface area contributed by atoms with Crippen LogP contribution in [-0.4, -0.2) is 17.6 Å². The number of fused-ring (bicyclic) bond motifs is 1.